The molecule has 1 unspecified atom stereocenters. The van der Waals surface area contributed by atoms with Crippen molar-refractivity contribution in [1.82, 2.24) is 15.1 Å². The highest BCUT2D eigenvalue weighted by molar-refractivity contribution is 5.87. The van der Waals surface area contributed by atoms with E-state index in [0.717, 1.165) is 22.8 Å². The van der Waals surface area contributed by atoms with Crippen molar-refractivity contribution in [2.45, 2.75) is 64.3 Å². The van der Waals surface area contributed by atoms with Crippen molar-refractivity contribution in [3.05, 3.63) is 48.0 Å². The Morgan fingerprint density at radius 2 is 1.97 bits per heavy atom. The van der Waals surface area contributed by atoms with Gasteiger partial charge in [-0.05, 0) is 62.9 Å². The first-order valence-electron chi connectivity index (χ1n) is 12.5. The van der Waals surface area contributed by atoms with Gasteiger partial charge in [0.25, 0.3) is 5.91 Å². The maximum atomic E-state index is 13.3. The molecule has 0 aromatic heterocycles. The zero-order chi connectivity index (χ0) is 25.4. The molecule has 9 heteroatoms. The van der Waals surface area contributed by atoms with Crippen molar-refractivity contribution >= 4 is 41.4 Å². The summed E-state index contributed by atoms with van der Waals surface area (Å²) in [7, 11) is 0. The minimum absolute atomic E-state index is 0. The van der Waals surface area contributed by atoms with Crippen LogP contribution in [0.3, 0.4) is 0 Å². The van der Waals surface area contributed by atoms with Crippen molar-refractivity contribution in [2.24, 2.45) is 5.73 Å². The Bertz CT molecular complexity index is 1030. The molecule has 3 N–H and O–H groups in total. The van der Waals surface area contributed by atoms with Crippen LogP contribution in [0, 0.1) is 0 Å². The van der Waals surface area contributed by atoms with E-state index in [0.29, 0.717) is 51.9 Å². The number of nitrogens with two attached hydrogens (primary N) is 1. The topological polar surface area (TPSA) is 105 Å². The van der Waals surface area contributed by atoms with Gasteiger partial charge in [0.2, 0.25) is 12.3 Å². The third-order valence-corrected chi connectivity index (χ3v) is 6.55. The molecule has 2 aromatic rings. The number of amides is 3. The molecular weight excluding hydrogens is 480 g/mol. The molecule has 36 heavy (non-hydrogen) atoms. The zero-order valence-corrected chi connectivity index (χ0v) is 22.3. The third-order valence-electron chi connectivity index (χ3n) is 6.55. The van der Waals surface area contributed by atoms with E-state index in [9.17, 15) is 14.4 Å². The number of benzene rings is 2. The fourth-order valence-electron chi connectivity index (χ4n) is 4.77. The maximum absolute atomic E-state index is 13.3. The summed E-state index contributed by atoms with van der Waals surface area (Å²) in [5.41, 5.74) is 5.53. The van der Waals surface area contributed by atoms with E-state index in [-0.39, 0.29) is 24.2 Å². The fourth-order valence-corrected chi connectivity index (χ4v) is 4.77. The Balaban J connectivity index is 0.00000456. The van der Waals surface area contributed by atoms with Crippen molar-refractivity contribution in [1.29, 1.82) is 0 Å². The number of nitrogens with zero attached hydrogens (tertiary/aromatic N) is 2. The lowest BCUT2D eigenvalue weighted by molar-refractivity contribution is -0.161. The normalized spacial score (nSPS) is 16.3. The second kappa shape index (κ2) is 13.6. The summed E-state index contributed by atoms with van der Waals surface area (Å²) in [4.78, 5) is 42.3. The smallest absolute Gasteiger partial charge is 0.255 e. The molecular formula is C27H39ClN4O4. The molecule has 0 radical (unpaired) electrons. The van der Waals surface area contributed by atoms with Crippen LogP contribution in [-0.4, -0.2) is 72.1 Å². The van der Waals surface area contributed by atoms with Gasteiger partial charge in [0.15, 0.2) is 0 Å². The molecule has 3 amide bonds. The van der Waals surface area contributed by atoms with Gasteiger partial charge in [-0.15, -0.1) is 12.4 Å². The van der Waals surface area contributed by atoms with Crippen LogP contribution >= 0.6 is 12.4 Å². The number of likely N-dealkylation sites (tertiary alicyclic amines) is 1. The first-order valence-corrected chi connectivity index (χ1v) is 12.5. The van der Waals surface area contributed by atoms with Crippen molar-refractivity contribution < 1.29 is 19.1 Å². The summed E-state index contributed by atoms with van der Waals surface area (Å²) < 4.78 is 5.69. The second-order valence-corrected chi connectivity index (χ2v) is 9.45. The summed E-state index contributed by atoms with van der Waals surface area (Å²) in [5, 5.41) is 5.11. The first-order chi connectivity index (χ1) is 16.8. The third kappa shape index (κ3) is 6.96. The van der Waals surface area contributed by atoms with Crippen LogP contribution in [0.4, 0.5) is 0 Å². The van der Waals surface area contributed by atoms with E-state index in [1.165, 1.54) is 4.90 Å². The zero-order valence-electron chi connectivity index (χ0n) is 21.4. The molecule has 1 heterocycles. The highest BCUT2D eigenvalue weighted by Gasteiger charge is 2.43. The minimum Gasteiger partial charge on any atom is -0.366 e. The van der Waals surface area contributed by atoms with Crippen LogP contribution in [0.2, 0.25) is 0 Å². The molecule has 0 saturated carbocycles. The van der Waals surface area contributed by atoms with Crippen LogP contribution in [0.5, 0.6) is 0 Å². The predicted octanol–water partition coefficient (Wildman–Crippen LogP) is 2.86. The average Bonchev–Trinajstić information content (AvgIpc) is 3.32. The Morgan fingerprint density at radius 1 is 1.25 bits per heavy atom. The molecule has 3 rings (SSSR count). The van der Waals surface area contributed by atoms with Gasteiger partial charge in [-0.25, -0.2) is 0 Å². The molecule has 0 spiro atoms. The number of halogens is 1. The molecule has 1 saturated heterocycles. The number of carbonyl (C=O) groups excluding carboxylic acids is 3. The van der Waals surface area contributed by atoms with E-state index in [4.69, 9.17) is 10.5 Å². The van der Waals surface area contributed by atoms with Gasteiger partial charge < -0.3 is 25.6 Å². The number of carbonyl (C=O) groups is 3. The Kier molecular flexibility index (Phi) is 11.1. The lowest BCUT2D eigenvalue weighted by Crippen LogP contribution is -2.59. The molecule has 1 aliphatic rings. The Labute approximate surface area is 219 Å². The number of rotatable bonds is 12. The van der Waals surface area contributed by atoms with Gasteiger partial charge in [-0.1, -0.05) is 42.5 Å². The molecule has 2 atom stereocenters. The van der Waals surface area contributed by atoms with Crippen LogP contribution in [0.25, 0.3) is 10.8 Å². The molecule has 198 valence electrons. The highest BCUT2D eigenvalue weighted by atomic mass is 35.5. The van der Waals surface area contributed by atoms with Crippen molar-refractivity contribution in [3.8, 4) is 0 Å². The van der Waals surface area contributed by atoms with E-state index >= 15 is 0 Å². The van der Waals surface area contributed by atoms with Crippen LogP contribution in [-0.2, 0) is 25.5 Å². The van der Waals surface area contributed by atoms with Gasteiger partial charge in [-0.2, -0.15) is 0 Å². The van der Waals surface area contributed by atoms with Gasteiger partial charge >= 0.3 is 0 Å². The lowest BCUT2D eigenvalue weighted by atomic mass is 9.99. The standard InChI is InChI=1S/C27H38N4O4.ClH/c1-4-35-27(2,3)26(34)30-16-7-11-24(30)31(19-32)23(25(33)29-15-8-14-28)18-20-12-13-21-9-5-6-10-22(21)17-20;/h5-6,9-10,12-13,17,19,23-24H,4,7-8,11,14-16,18,28H2,1-3H3,(H,29,33);1H/t23-,24?;/m1./s1. The summed E-state index contributed by atoms with van der Waals surface area (Å²) in [6.45, 7) is 7.15. The van der Waals surface area contributed by atoms with Gasteiger partial charge in [-0.3, -0.25) is 14.4 Å². The number of fused-ring (bicyclic) bond motifs is 1. The SMILES string of the molecule is CCOC(C)(C)C(=O)N1CCCC1N(C=O)[C@H](Cc1ccc2ccccc2c1)C(=O)NCCCN.Cl. The predicted molar refractivity (Wildman–Crippen MR) is 144 cm³/mol. The molecule has 1 aliphatic heterocycles. The van der Waals surface area contributed by atoms with Crippen molar-refractivity contribution in [2.75, 3.05) is 26.2 Å². The maximum Gasteiger partial charge on any atom is 0.255 e. The number of hydrogen-bond donors (Lipinski definition) is 2. The van der Waals surface area contributed by atoms with Gasteiger partial charge in [0.1, 0.15) is 17.8 Å². The highest BCUT2D eigenvalue weighted by Crippen LogP contribution is 2.27. The molecule has 1 fully saturated rings. The van der Waals surface area contributed by atoms with E-state index in [2.05, 4.69) is 5.32 Å². The minimum atomic E-state index is -1.01. The number of hydrogen-bond acceptors (Lipinski definition) is 5. The molecule has 8 nitrogen and oxygen atoms in total. The lowest BCUT2D eigenvalue weighted by Gasteiger charge is -2.40. The number of ether oxygens (including phenoxy) is 1. The van der Waals surface area contributed by atoms with Crippen LogP contribution in [0.1, 0.15) is 45.6 Å². The quantitative estimate of drug-likeness (QED) is 0.332. The summed E-state index contributed by atoms with van der Waals surface area (Å²) in [5.74, 6) is -0.427. The molecule has 2 aromatic carbocycles. The van der Waals surface area contributed by atoms with Crippen LogP contribution < -0.4 is 11.1 Å². The van der Waals surface area contributed by atoms with E-state index in [1.807, 2.05) is 49.4 Å². The van der Waals surface area contributed by atoms with Crippen LogP contribution in [0.15, 0.2) is 42.5 Å². The number of nitrogens with one attached hydrogen (secondary N) is 1. The molecule has 0 bridgehead atoms. The molecule has 0 aliphatic carbocycles. The van der Waals surface area contributed by atoms with E-state index < -0.39 is 17.8 Å². The fraction of sp³-hybridized carbons (Fsp3) is 0.519. The Hall–Kier alpha value is -2.68. The first kappa shape index (κ1) is 29.5. The Morgan fingerprint density at radius 3 is 2.64 bits per heavy atom. The summed E-state index contributed by atoms with van der Waals surface area (Å²) >= 11 is 0. The van der Waals surface area contributed by atoms with E-state index in [1.54, 1.807) is 18.7 Å². The monoisotopic (exact) mass is 518 g/mol. The average molecular weight is 519 g/mol. The largest absolute Gasteiger partial charge is 0.366 e. The second-order valence-electron chi connectivity index (χ2n) is 9.45. The van der Waals surface area contributed by atoms with Gasteiger partial charge in [0, 0.05) is 26.1 Å². The summed E-state index contributed by atoms with van der Waals surface area (Å²) in [6, 6.07) is 13.3. The van der Waals surface area contributed by atoms with Crippen molar-refractivity contribution in [3.63, 3.8) is 0 Å². The summed E-state index contributed by atoms with van der Waals surface area (Å²) in [6.07, 6.45) is 2.54. The van der Waals surface area contributed by atoms with Gasteiger partial charge in [0.05, 0.1) is 0 Å².